The smallest absolute Gasteiger partial charge is 0.187 e. The largest absolute Gasteiger partial charge is 0.382 e. The van der Waals surface area contributed by atoms with Crippen LogP contribution in [0, 0.1) is 6.92 Å². The highest BCUT2D eigenvalue weighted by Crippen LogP contribution is 2.28. The van der Waals surface area contributed by atoms with E-state index in [1.807, 2.05) is 26.1 Å². The SMILES string of the molecule is COC(C)c1nc2c(N)ncc(C)c2n1CCCCCSc1ncccn1. The van der Waals surface area contributed by atoms with Crippen molar-refractivity contribution in [2.24, 2.45) is 0 Å². The summed E-state index contributed by atoms with van der Waals surface area (Å²) < 4.78 is 7.76. The standard InChI is InChI=1S/C19H26N6OS/c1-13-12-23-17(20)15-16(13)25(18(24-15)14(2)26-3)10-5-4-6-11-27-19-21-8-7-9-22-19/h7-9,12,14H,4-6,10-11H2,1-3H3,(H2,20,23). The van der Waals surface area contributed by atoms with Crippen molar-refractivity contribution in [2.45, 2.75) is 50.9 Å². The maximum absolute atomic E-state index is 6.06. The van der Waals surface area contributed by atoms with Gasteiger partial charge in [0.05, 0.1) is 5.52 Å². The molecule has 3 aromatic rings. The van der Waals surface area contributed by atoms with E-state index >= 15 is 0 Å². The number of fused-ring (bicyclic) bond motifs is 1. The topological polar surface area (TPSA) is 91.7 Å². The first-order chi connectivity index (χ1) is 13.1. The molecular weight excluding hydrogens is 360 g/mol. The van der Waals surface area contributed by atoms with Crippen molar-refractivity contribution < 1.29 is 4.74 Å². The molecule has 0 aliphatic carbocycles. The third-order valence-corrected chi connectivity index (χ3v) is 5.49. The molecular formula is C19H26N6OS. The molecule has 0 saturated heterocycles. The van der Waals surface area contributed by atoms with Gasteiger partial charge in [-0.2, -0.15) is 0 Å². The van der Waals surface area contributed by atoms with Crippen molar-refractivity contribution in [3.05, 3.63) is 36.0 Å². The lowest BCUT2D eigenvalue weighted by Gasteiger charge is -2.14. The van der Waals surface area contributed by atoms with E-state index < -0.39 is 0 Å². The van der Waals surface area contributed by atoms with Crippen LogP contribution in [0.5, 0.6) is 0 Å². The summed E-state index contributed by atoms with van der Waals surface area (Å²) in [7, 11) is 1.70. The fourth-order valence-corrected chi connectivity index (χ4v) is 3.85. The molecule has 27 heavy (non-hydrogen) atoms. The number of methoxy groups -OCH3 is 1. The van der Waals surface area contributed by atoms with E-state index in [2.05, 4.69) is 19.5 Å². The van der Waals surface area contributed by atoms with Gasteiger partial charge in [0.25, 0.3) is 0 Å². The number of nitrogens with zero attached hydrogens (tertiary/aromatic N) is 5. The number of anilines is 1. The van der Waals surface area contributed by atoms with E-state index in [0.29, 0.717) is 5.82 Å². The summed E-state index contributed by atoms with van der Waals surface area (Å²) in [6, 6.07) is 1.84. The highest BCUT2D eigenvalue weighted by molar-refractivity contribution is 7.99. The Morgan fingerprint density at radius 3 is 2.70 bits per heavy atom. The second-order valence-corrected chi connectivity index (χ2v) is 7.53. The van der Waals surface area contributed by atoms with Crippen molar-refractivity contribution in [3.8, 4) is 0 Å². The van der Waals surface area contributed by atoms with E-state index in [1.165, 1.54) is 0 Å². The Labute approximate surface area is 163 Å². The van der Waals surface area contributed by atoms with Gasteiger partial charge in [0, 0.05) is 38.0 Å². The number of thioether (sulfide) groups is 1. The van der Waals surface area contributed by atoms with E-state index in [4.69, 9.17) is 15.5 Å². The van der Waals surface area contributed by atoms with E-state index in [0.717, 1.165) is 59.1 Å². The Kier molecular flexibility index (Phi) is 6.63. The molecule has 0 aliphatic rings. The van der Waals surface area contributed by atoms with Crippen LogP contribution in [0.4, 0.5) is 5.82 Å². The molecule has 7 nitrogen and oxygen atoms in total. The third kappa shape index (κ3) is 4.56. The lowest BCUT2D eigenvalue weighted by atomic mass is 10.2. The molecule has 0 aliphatic heterocycles. The second kappa shape index (κ2) is 9.14. The summed E-state index contributed by atoms with van der Waals surface area (Å²) in [5.74, 6) is 2.40. The van der Waals surface area contributed by atoms with Crippen LogP contribution in [0.15, 0.2) is 29.8 Å². The minimum absolute atomic E-state index is 0.0954. The average molecular weight is 387 g/mol. The van der Waals surface area contributed by atoms with Gasteiger partial charge in [-0.25, -0.2) is 19.9 Å². The Hall–Kier alpha value is -2.19. The average Bonchev–Trinajstić information content (AvgIpc) is 3.08. The molecule has 0 aromatic carbocycles. The van der Waals surface area contributed by atoms with E-state index in [9.17, 15) is 0 Å². The summed E-state index contributed by atoms with van der Waals surface area (Å²) in [6.45, 7) is 4.94. The molecule has 0 radical (unpaired) electrons. The number of hydrogen-bond donors (Lipinski definition) is 1. The first-order valence-corrected chi connectivity index (χ1v) is 10.1. The number of imidazole rings is 1. The molecule has 0 spiro atoms. The quantitative estimate of drug-likeness (QED) is 0.340. The Morgan fingerprint density at radius 2 is 1.96 bits per heavy atom. The molecule has 144 valence electrons. The van der Waals surface area contributed by atoms with Crippen molar-refractivity contribution in [1.82, 2.24) is 24.5 Å². The molecule has 8 heteroatoms. The van der Waals surface area contributed by atoms with E-state index in [1.54, 1.807) is 31.3 Å². The van der Waals surface area contributed by atoms with Crippen LogP contribution in [0.1, 0.15) is 43.7 Å². The number of aryl methyl sites for hydroxylation is 2. The highest BCUT2D eigenvalue weighted by Gasteiger charge is 2.19. The fourth-order valence-electron chi connectivity index (χ4n) is 3.05. The lowest BCUT2D eigenvalue weighted by molar-refractivity contribution is 0.109. The van der Waals surface area contributed by atoms with Crippen LogP contribution in [0.25, 0.3) is 11.0 Å². The Bertz CT molecular complexity index is 883. The molecule has 3 rings (SSSR count). The number of nitrogens with two attached hydrogens (primary N) is 1. The van der Waals surface area contributed by atoms with Crippen molar-refractivity contribution in [3.63, 3.8) is 0 Å². The molecule has 0 bridgehead atoms. The summed E-state index contributed by atoms with van der Waals surface area (Å²) >= 11 is 1.70. The number of aromatic nitrogens is 5. The zero-order chi connectivity index (χ0) is 19.2. The van der Waals surface area contributed by atoms with Crippen LogP contribution >= 0.6 is 11.8 Å². The van der Waals surface area contributed by atoms with Crippen molar-refractivity contribution in [1.29, 1.82) is 0 Å². The van der Waals surface area contributed by atoms with Crippen LogP contribution in [-0.4, -0.2) is 37.4 Å². The summed E-state index contributed by atoms with van der Waals surface area (Å²) in [5.41, 5.74) is 8.97. The molecule has 1 unspecified atom stereocenters. The summed E-state index contributed by atoms with van der Waals surface area (Å²) in [5, 5.41) is 0.841. The maximum atomic E-state index is 6.06. The van der Waals surface area contributed by atoms with Gasteiger partial charge in [0.15, 0.2) is 11.0 Å². The number of nitrogen functional groups attached to an aromatic ring is 1. The molecule has 1 atom stereocenters. The number of unbranched alkanes of at least 4 members (excludes halogenated alkanes) is 2. The van der Waals surface area contributed by atoms with Crippen LogP contribution < -0.4 is 5.73 Å². The zero-order valence-electron chi connectivity index (χ0n) is 16.1. The third-order valence-electron chi connectivity index (χ3n) is 4.53. The molecule has 0 saturated carbocycles. The van der Waals surface area contributed by atoms with Crippen LogP contribution in [0.3, 0.4) is 0 Å². The minimum Gasteiger partial charge on any atom is -0.382 e. The van der Waals surface area contributed by atoms with Gasteiger partial charge in [-0.3, -0.25) is 0 Å². The van der Waals surface area contributed by atoms with Crippen molar-refractivity contribution >= 4 is 28.6 Å². The highest BCUT2D eigenvalue weighted by atomic mass is 32.2. The van der Waals surface area contributed by atoms with E-state index in [-0.39, 0.29) is 6.10 Å². The molecule has 3 aromatic heterocycles. The second-order valence-electron chi connectivity index (χ2n) is 6.46. The van der Waals surface area contributed by atoms with Crippen molar-refractivity contribution in [2.75, 3.05) is 18.6 Å². The van der Waals surface area contributed by atoms with Gasteiger partial charge < -0.3 is 15.0 Å². The van der Waals surface area contributed by atoms with Gasteiger partial charge >= 0.3 is 0 Å². The van der Waals surface area contributed by atoms with Gasteiger partial charge in [-0.15, -0.1) is 0 Å². The zero-order valence-corrected chi connectivity index (χ0v) is 16.9. The van der Waals surface area contributed by atoms with Crippen LogP contribution in [-0.2, 0) is 11.3 Å². The molecule has 0 amide bonds. The predicted octanol–water partition coefficient (Wildman–Crippen LogP) is 3.78. The van der Waals surface area contributed by atoms with Crippen LogP contribution in [0.2, 0.25) is 0 Å². The van der Waals surface area contributed by atoms with Gasteiger partial charge in [0.1, 0.15) is 17.4 Å². The molecule has 0 fully saturated rings. The lowest BCUT2D eigenvalue weighted by Crippen LogP contribution is -2.09. The minimum atomic E-state index is -0.0954. The number of pyridine rings is 1. The fraction of sp³-hybridized carbons (Fsp3) is 0.474. The number of hydrogen-bond acceptors (Lipinski definition) is 7. The predicted molar refractivity (Wildman–Crippen MR) is 109 cm³/mol. The first kappa shape index (κ1) is 19.6. The Balaban J connectivity index is 1.64. The Morgan fingerprint density at radius 1 is 1.19 bits per heavy atom. The monoisotopic (exact) mass is 386 g/mol. The van der Waals surface area contributed by atoms with Gasteiger partial charge in [0.2, 0.25) is 0 Å². The van der Waals surface area contributed by atoms with Gasteiger partial charge in [-0.05, 0) is 38.3 Å². The first-order valence-electron chi connectivity index (χ1n) is 9.15. The molecule has 3 heterocycles. The van der Waals surface area contributed by atoms with Gasteiger partial charge in [-0.1, -0.05) is 18.2 Å². The summed E-state index contributed by atoms with van der Waals surface area (Å²) in [4.78, 5) is 17.4. The number of ether oxygens (including phenoxy) is 1. The normalized spacial score (nSPS) is 12.6. The summed E-state index contributed by atoms with van der Waals surface area (Å²) in [6.07, 6.45) is 8.58. The maximum Gasteiger partial charge on any atom is 0.187 e. The number of rotatable bonds is 9. The molecule has 2 N–H and O–H groups in total.